The quantitative estimate of drug-likeness (QED) is 0.610. The zero-order chi connectivity index (χ0) is 21.8. The Hall–Kier alpha value is -2.96. The van der Waals surface area contributed by atoms with Crippen LogP contribution in [-0.2, 0) is 24.1 Å². The van der Waals surface area contributed by atoms with Crippen molar-refractivity contribution in [3.8, 4) is 0 Å². The molecular formula is C26H27N3O2S. The zero-order valence-corrected chi connectivity index (χ0v) is 18.9. The van der Waals surface area contributed by atoms with Gasteiger partial charge in [-0.1, -0.05) is 18.2 Å². The molecule has 6 heteroatoms. The first-order valence-corrected chi connectivity index (χ1v) is 12.1. The molecule has 0 atom stereocenters. The summed E-state index contributed by atoms with van der Waals surface area (Å²) in [5.41, 5.74) is 5.28. The molecule has 1 fully saturated rings. The first-order chi connectivity index (χ1) is 15.8. The van der Waals surface area contributed by atoms with Crippen LogP contribution in [0.4, 0.5) is 5.69 Å². The molecule has 0 saturated carbocycles. The first kappa shape index (κ1) is 20.9. The van der Waals surface area contributed by atoms with Crippen LogP contribution >= 0.6 is 11.3 Å². The molecule has 2 aromatic carbocycles. The van der Waals surface area contributed by atoms with E-state index in [2.05, 4.69) is 50.9 Å². The number of hydrogen-bond donors (Lipinski definition) is 1. The van der Waals surface area contributed by atoms with E-state index in [1.54, 1.807) is 0 Å². The molecule has 5 rings (SSSR count). The van der Waals surface area contributed by atoms with Crippen LogP contribution in [0.15, 0.2) is 65.0 Å². The molecule has 2 aliphatic rings. The van der Waals surface area contributed by atoms with Gasteiger partial charge < -0.3 is 15.0 Å². The maximum absolute atomic E-state index is 12.9. The second-order valence-electron chi connectivity index (χ2n) is 8.19. The van der Waals surface area contributed by atoms with E-state index in [-0.39, 0.29) is 5.91 Å². The minimum atomic E-state index is -0.117. The van der Waals surface area contributed by atoms with Gasteiger partial charge in [-0.25, -0.2) is 0 Å². The van der Waals surface area contributed by atoms with Gasteiger partial charge in [0.25, 0.3) is 5.91 Å². The second-order valence-corrected chi connectivity index (χ2v) is 9.22. The van der Waals surface area contributed by atoms with E-state index < -0.39 is 0 Å². The van der Waals surface area contributed by atoms with Gasteiger partial charge in [0.05, 0.1) is 19.8 Å². The average Bonchev–Trinajstić information content (AvgIpc) is 3.50. The summed E-state index contributed by atoms with van der Waals surface area (Å²) in [6, 6.07) is 18.6. The van der Waals surface area contributed by atoms with Crippen molar-refractivity contribution in [3.05, 3.63) is 87.1 Å². The molecule has 32 heavy (non-hydrogen) atoms. The number of benzene rings is 2. The first-order valence-electron chi connectivity index (χ1n) is 11.2. The van der Waals surface area contributed by atoms with E-state index in [0.717, 1.165) is 56.8 Å². The summed E-state index contributed by atoms with van der Waals surface area (Å²) in [7, 11) is 0. The predicted molar refractivity (Wildman–Crippen MR) is 130 cm³/mol. The van der Waals surface area contributed by atoms with E-state index in [1.807, 2.05) is 35.6 Å². The summed E-state index contributed by atoms with van der Waals surface area (Å²) in [4.78, 5) is 21.2. The van der Waals surface area contributed by atoms with E-state index in [1.165, 1.54) is 16.0 Å². The summed E-state index contributed by atoms with van der Waals surface area (Å²) in [5.74, 6) is 0.565. The van der Waals surface area contributed by atoms with Gasteiger partial charge in [-0.05, 0) is 72.2 Å². The number of amidine groups is 1. The number of anilines is 1. The normalized spacial score (nSPS) is 15.4. The summed E-state index contributed by atoms with van der Waals surface area (Å²) >= 11 is 1.82. The number of amides is 1. The molecule has 164 valence electrons. The van der Waals surface area contributed by atoms with Crippen molar-refractivity contribution in [1.82, 2.24) is 5.32 Å². The molecule has 3 aromatic rings. The molecule has 5 nitrogen and oxygen atoms in total. The Morgan fingerprint density at radius 2 is 1.91 bits per heavy atom. The van der Waals surface area contributed by atoms with E-state index in [4.69, 9.17) is 4.74 Å². The number of rotatable bonds is 6. The third kappa shape index (κ3) is 4.76. The standard InChI is InChI=1S/C26H27N3O2S/c30-26(20-8-10-22(11-9-20)29-12-14-31-15-13-29)28-25-24-17-19(6-7-21(24)18-27-25)3-1-4-23-5-2-16-32-23/h2,5-11,16-17H,1,3-4,12-15,18H2,(H,27,28,30). The molecule has 0 radical (unpaired) electrons. The molecule has 0 spiro atoms. The average molecular weight is 446 g/mol. The number of nitrogens with one attached hydrogen (secondary N) is 1. The lowest BCUT2D eigenvalue weighted by atomic mass is 10.0. The number of ether oxygens (including phenoxy) is 1. The van der Waals surface area contributed by atoms with Gasteiger partial charge in [0.15, 0.2) is 0 Å². The highest BCUT2D eigenvalue weighted by Gasteiger charge is 2.19. The molecule has 0 bridgehead atoms. The predicted octanol–water partition coefficient (Wildman–Crippen LogP) is 4.45. The lowest BCUT2D eigenvalue weighted by Crippen LogP contribution is -2.36. The molecule has 1 aromatic heterocycles. The molecule has 3 heterocycles. The van der Waals surface area contributed by atoms with Gasteiger partial charge in [-0.3, -0.25) is 9.79 Å². The SMILES string of the molecule is O=C(NC1=NCc2ccc(CCCc3cccs3)cc21)c1ccc(N2CCOCC2)cc1. The summed E-state index contributed by atoms with van der Waals surface area (Å²) in [6.07, 6.45) is 3.25. The van der Waals surface area contributed by atoms with Crippen LogP contribution in [0.5, 0.6) is 0 Å². The van der Waals surface area contributed by atoms with Crippen molar-refractivity contribution >= 4 is 28.8 Å². The highest BCUT2D eigenvalue weighted by molar-refractivity contribution is 7.09. The van der Waals surface area contributed by atoms with Crippen molar-refractivity contribution in [2.24, 2.45) is 4.99 Å². The molecule has 0 unspecified atom stereocenters. The number of carbonyl (C=O) groups is 1. The highest BCUT2D eigenvalue weighted by Crippen LogP contribution is 2.22. The van der Waals surface area contributed by atoms with Crippen molar-refractivity contribution in [3.63, 3.8) is 0 Å². The molecule has 0 aliphatic carbocycles. The number of hydrogen-bond acceptors (Lipinski definition) is 5. The van der Waals surface area contributed by atoms with Gasteiger partial charge in [0, 0.05) is 34.8 Å². The molecule has 1 N–H and O–H groups in total. The van der Waals surface area contributed by atoms with Gasteiger partial charge >= 0.3 is 0 Å². The number of thiophene rings is 1. The van der Waals surface area contributed by atoms with Crippen LogP contribution in [0.25, 0.3) is 0 Å². The minimum Gasteiger partial charge on any atom is -0.378 e. The highest BCUT2D eigenvalue weighted by atomic mass is 32.1. The van der Waals surface area contributed by atoms with Crippen molar-refractivity contribution in [2.45, 2.75) is 25.8 Å². The van der Waals surface area contributed by atoms with Crippen LogP contribution in [0.2, 0.25) is 0 Å². The third-order valence-corrected chi connectivity index (χ3v) is 6.98. The number of carbonyl (C=O) groups excluding carboxylic acids is 1. The second kappa shape index (κ2) is 9.67. The lowest BCUT2D eigenvalue weighted by molar-refractivity contribution is 0.0977. The molecular weight excluding hydrogens is 418 g/mol. The molecule has 2 aliphatic heterocycles. The summed E-state index contributed by atoms with van der Waals surface area (Å²) in [5, 5.41) is 5.17. The smallest absolute Gasteiger partial charge is 0.256 e. The Balaban J connectivity index is 1.21. The van der Waals surface area contributed by atoms with Gasteiger partial charge in [0.2, 0.25) is 0 Å². The van der Waals surface area contributed by atoms with E-state index in [9.17, 15) is 4.79 Å². The fourth-order valence-corrected chi connectivity index (χ4v) is 4.99. The Bertz CT molecular complexity index is 1100. The monoisotopic (exact) mass is 445 g/mol. The fourth-order valence-electron chi connectivity index (χ4n) is 4.24. The summed E-state index contributed by atoms with van der Waals surface area (Å²) < 4.78 is 5.41. The van der Waals surface area contributed by atoms with Crippen molar-refractivity contribution in [2.75, 3.05) is 31.2 Å². The lowest BCUT2D eigenvalue weighted by Gasteiger charge is -2.28. The van der Waals surface area contributed by atoms with Gasteiger partial charge in [-0.15, -0.1) is 11.3 Å². The number of nitrogens with zero attached hydrogens (tertiary/aromatic N) is 2. The number of fused-ring (bicyclic) bond motifs is 1. The van der Waals surface area contributed by atoms with Crippen LogP contribution in [0.3, 0.4) is 0 Å². The minimum absolute atomic E-state index is 0.117. The fraction of sp³-hybridized carbons (Fsp3) is 0.308. The molecule has 1 amide bonds. The Labute approximate surface area is 192 Å². The van der Waals surface area contributed by atoms with E-state index >= 15 is 0 Å². The topological polar surface area (TPSA) is 53.9 Å². The number of aliphatic imine (C=N–C) groups is 1. The van der Waals surface area contributed by atoms with Crippen LogP contribution in [0, 0.1) is 0 Å². The van der Waals surface area contributed by atoms with Crippen molar-refractivity contribution < 1.29 is 9.53 Å². The van der Waals surface area contributed by atoms with Crippen LogP contribution in [-0.4, -0.2) is 38.0 Å². The largest absolute Gasteiger partial charge is 0.378 e. The Morgan fingerprint density at radius 1 is 1.06 bits per heavy atom. The van der Waals surface area contributed by atoms with E-state index in [0.29, 0.717) is 17.9 Å². The van der Waals surface area contributed by atoms with Crippen LogP contribution in [0.1, 0.15) is 38.3 Å². The van der Waals surface area contributed by atoms with Gasteiger partial charge in [-0.2, -0.15) is 0 Å². The maximum Gasteiger partial charge on any atom is 0.256 e. The van der Waals surface area contributed by atoms with Gasteiger partial charge in [0.1, 0.15) is 5.84 Å². The molecule has 1 saturated heterocycles. The number of morpholine rings is 1. The summed E-state index contributed by atoms with van der Waals surface area (Å²) in [6.45, 7) is 3.88. The zero-order valence-electron chi connectivity index (χ0n) is 18.0. The Morgan fingerprint density at radius 3 is 2.69 bits per heavy atom. The van der Waals surface area contributed by atoms with Crippen LogP contribution < -0.4 is 10.2 Å². The Kier molecular flexibility index (Phi) is 6.32. The van der Waals surface area contributed by atoms with Crippen molar-refractivity contribution in [1.29, 1.82) is 0 Å². The maximum atomic E-state index is 12.9. The number of aryl methyl sites for hydroxylation is 2. The third-order valence-electron chi connectivity index (χ3n) is 6.04.